The first-order valence-corrected chi connectivity index (χ1v) is 8.25. The molecule has 3 rings (SSSR count). The molecule has 2 heterocycles. The lowest BCUT2D eigenvalue weighted by Crippen LogP contribution is -1.99. The third kappa shape index (κ3) is 3.43. The zero-order chi connectivity index (χ0) is 15.5. The van der Waals surface area contributed by atoms with Crippen molar-refractivity contribution in [3.8, 4) is 11.3 Å². The van der Waals surface area contributed by atoms with Gasteiger partial charge in [0.05, 0.1) is 17.3 Å². The minimum absolute atomic E-state index is 0.412. The van der Waals surface area contributed by atoms with E-state index in [4.69, 9.17) is 11.6 Å². The Morgan fingerprint density at radius 1 is 1.09 bits per heavy atom. The smallest absolute Gasteiger partial charge is 0.188 e. The number of benzene rings is 1. The number of hydrogen-bond acceptors (Lipinski definition) is 5. The van der Waals surface area contributed by atoms with E-state index in [0.29, 0.717) is 5.88 Å². The van der Waals surface area contributed by atoms with Crippen LogP contribution in [0.5, 0.6) is 0 Å². The van der Waals surface area contributed by atoms with E-state index >= 15 is 0 Å². The van der Waals surface area contributed by atoms with E-state index in [-0.39, 0.29) is 0 Å². The minimum Gasteiger partial charge on any atom is -0.316 e. The molecule has 6 heteroatoms. The number of aryl methyl sites for hydroxylation is 2. The molecule has 0 aliphatic rings. The van der Waals surface area contributed by atoms with E-state index < -0.39 is 0 Å². The summed E-state index contributed by atoms with van der Waals surface area (Å²) in [4.78, 5) is 13.3. The van der Waals surface area contributed by atoms with Crippen LogP contribution < -0.4 is 5.32 Å². The lowest BCUT2D eigenvalue weighted by atomic mass is 10.1. The van der Waals surface area contributed by atoms with Gasteiger partial charge in [0, 0.05) is 17.0 Å². The SMILES string of the molecule is Cc1ccc(-c2cc(Nc3nc(CCl)cs3)nc(C)n2)cc1. The molecule has 0 aliphatic heterocycles. The van der Waals surface area contributed by atoms with Gasteiger partial charge in [-0.3, -0.25) is 0 Å². The molecule has 0 spiro atoms. The van der Waals surface area contributed by atoms with E-state index in [1.807, 2.05) is 18.4 Å². The summed E-state index contributed by atoms with van der Waals surface area (Å²) in [6.45, 7) is 3.95. The predicted molar refractivity (Wildman–Crippen MR) is 91.9 cm³/mol. The van der Waals surface area contributed by atoms with E-state index in [2.05, 4.69) is 51.5 Å². The van der Waals surface area contributed by atoms with Crippen molar-refractivity contribution in [1.29, 1.82) is 0 Å². The van der Waals surface area contributed by atoms with Gasteiger partial charge in [0.2, 0.25) is 0 Å². The topological polar surface area (TPSA) is 50.7 Å². The Bertz CT molecular complexity index is 783. The van der Waals surface area contributed by atoms with Crippen LogP contribution in [0.2, 0.25) is 0 Å². The monoisotopic (exact) mass is 330 g/mol. The summed E-state index contributed by atoms with van der Waals surface area (Å²) >= 11 is 7.29. The zero-order valence-corrected chi connectivity index (χ0v) is 13.9. The molecule has 3 aromatic rings. The summed E-state index contributed by atoms with van der Waals surface area (Å²) < 4.78 is 0. The second kappa shape index (κ2) is 6.42. The Hall–Kier alpha value is -1.98. The normalized spacial score (nSPS) is 10.7. The average Bonchev–Trinajstić information content (AvgIpc) is 2.95. The first-order valence-electron chi connectivity index (χ1n) is 6.84. The molecule has 1 N–H and O–H groups in total. The summed E-state index contributed by atoms with van der Waals surface area (Å²) in [5.41, 5.74) is 4.05. The van der Waals surface area contributed by atoms with Crippen molar-refractivity contribution in [3.05, 3.63) is 52.8 Å². The Labute approximate surface area is 138 Å². The number of anilines is 2. The Kier molecular flexibility index (Phi) is 4.36. The molecule has 0 saturated heterocycles. The van der Waals surface area contributed by atoms with E-state index in [9.17, 15) is 0 Å². The highest BCUT2D eigenvalue weighted by Gasteiger charge is 2.07. The molecule has 0 radical (unpaired) electrons. The van der Waals surface area contributed by atoms with Gasteiger partial charge < -0.3 is 5.32 Å². The number of nitrogens with zero attached hydrogens (tertiary/aromatic N) is 3. The number of rotatable bonds is 4. The highest BCUT2D eigenvalue weighted by molar-refractivity contribution is 7.13. The minimum atomic E-state index is 0.412. The number of halogens is 1. The second-order valence-electron chi connectivity index (χ2n) is 4.95. The predicted octanol–water partition coefficient (Wildman–Crippen LogP) is 4.70. The van der Waals surface area contributed by atoms with Gasteiger partial charge in [-0.1, -0.05) is 29.8 Å². The average molecular weight is 331 g/mol. The highest BCUT2D eigenvalue weighted by Crippen LogP contribution is 2.24. The van der Waals surface area contributed by atoms with Crippen LogP contribution in [0.3, 0.4) is 0 Å². The van der Waals surface area contributed by atoms with Gasteiger partial charge in [0.25, 0.3) is 0 Å². The fraction of sp³-hybridized carbons (Fsp3) is 0.188. The number of nitrogens with one attached hydrogen (secondary N) is 1. The molecule has 22 heavy (non-hydrogen) atoms. The molecule has 0 amide bonds. The number of aromatic nitrogens is 3. The van der Waals surface area contributed by atoms with Crippen molar-refractivity contribution in [1.82, 2.24) is 15.0 Å². The quantitative estimate of drug-likeness (QED) is 0.704. The van der Waals surface area contributed by atoms with Crippen molar-refractivity contribution in [2.24, 2.45) is 0 Å². The summed E-state index contributed by atoms with van der Waals surface area (Å²) in [5.74, 6) is 1.86. The third-order valence-electron chi connectivity index (χ3n) is 3.11. The van der Waals surface area contributed by atoms with Crippen LogP contribution in [0.1, 0.15) is 17.1 Å². The maximum Gasteiger partial charge on any atom is 0.188 e. The van der Waals surface area contributed by atoms with Crippen molar-refractivity contribution in [3.63, 3.8) is 0 Å². The van der Waals surface area contributed by atoms with Gasteiger partial charge in [-0.05, 0) is 13.8 Å². The number of hydrogen-bond donors (Lipinski definition) is 1. The van der Waals surface area contributed by atoms with Crippen LogP contribution in [0.4, 0.5) is 10.9 Å². The van der Waals surface area contributed by atoms with Crippen LogP contribution in [0, 0.1) is 13.8 Å². The molecular weight excluding hydrogens is 316 g/mol. The maximum atomic E-state index is 5.78. The van der Waals surface area contributed by atoms with Crippen molar-refractivity contribution in [2.45, 2.75) is 19.7 Å². The first kappa shape index (κ1) is 14.9. The molecule has 1 aromatic carbocycles. The van der Waals surface area contributed by atoms with Crippen LogP contribution in [0.25, 0.3) is 11.3 Å². The molecule has 112 valence electrons. The maximum absolute atomic E-state index is 5.78. The summed E-state index contributed by atoms with van der Waals surface area (Å²) in [7, 11) is 0. The molecule has 0 fully saturated rings. The standard InChI is InChI=1S/C16H15ClN4S/c1-10-3-5-12(6-4-10)14-7-15(19-11(2)18-14)21-16-20-13(8-17)9-22-16/h3-7,9H,8H2,1-2H3,(H,18,19,20,21). The van der Waals surface area contributed by atoms with E-state index in [1.165, 1.54) is 16.9 Å². The van der Waals surface area contributed by atoms with Crippen molar-refractivity contribution >= 4 is 33.9 Å². The molecule has 0 aliphatic carbocycles. The highest BCUT2D eigenvalue weighted by atomic mass is 35.5. The third-order valence-corrected chi connectivity index (χ3v) is 4.19. The first-order chi connectivity index (χ1) is 10.6. The molecule has 0 bridgehead atoms. The van der Waals surface area contributed by atoms with E-state index in [0.717, 1.165) is 33.7 Å². The van der Waals surface area contributed by atoms with Crippen molar-refractivity contribution < 1.29 is 0 Å². The van der Waals surface area contributed by atoms with Gasteiger partial charge in [-0.25, -0.2) is 15.0 Å². The lowest BCUT2D eigenvalue weighted by molar-refractivity contribution is 1.06. The van der Waals surface area contributed by atoms with Gasteiger partial charge in [-0.2, -0.15) is 0 Å². The van der Waals surface area contributed by atoms with Crippen LogP contribution in [-0.4, -0.2) is 15.0 Å². The molecular formula is C16H15ClN4S. The van der Waals surface area contributed by atoms with Crippen molar-refractivity contribution in [2.75, 3.05) is 5.32 Å². The largest absolute Gasteiger partial charge is 0.316 e. The zero-order valence-electron chi connectivity index (χ0n) is 12.3. The summed E-state index contributed by atoms with van der Waals surface area (Å²) in [6, 6.07) is 10.2. The lowest BCUT2D eigenvalue weighted by Gasteiger charge is -2.07. The molecule has 4 nitrogen and oxygen atoms in total. The Morgan fingerprint density at radius 3 is 2.55 bits per heavy atom. The second-order valence-corrected chi connectivity index (χ2v) is 6.08. The molecule has 2 aromatic heterocycles. The Morgan fingerprint density at radius 2 is 1.86 bits per heavy atom. The Balaban J connectivity index is 1.90. The van der Waals surface area contributed by atoms with Gasteiger partial charge >= 0.3 is 0 Å². The molecule has 0 unspecified atom stereocenters. The van der Waals surface area contributed by atoms with E-state index in [1.54, 1.807) is 0 Å². The van der Waals surface area contributed by atoms with Crippen LogP contribution in [-0.2, 0) is 5.88 Å². The van der Waals surface area contributed by atoms with Crippen LogP contribution in [0.15, 0.2) is 35.7 Å². The van der Waals surface area contributed by atoms with Crippen LogP contribution >= 0.6 is 22.9 Å². The molecule has 0 saturated carbocycles. The number of thiazole rings is 1. The fourth-order valence-corrected chi connectivity index (χ4v) is 2.98. The summed E-state index contributed by atoms with van der Waals surface area (Å²) in [5, 5.41) is 5.93. The van der Waals surface area contributed by atoms with Gasteiger partial charge in [0.15, 0.2) is 5.13 Å². The fourth-order valence-electron chi connectivity index (χ4n) is 2.04. The van der Waals surface area contributed by atoms with Gasteiger partial charge in [-0.15, -0.1) is 22.9 Å². The van der Waals surface area contributed by atoms with Gasteiger partial charge in [0.1, 0.15) is 11.6 Å². The molecule has 0 atom stereocenters. The number of alkyl halides is 1. The summed E-state index contributed by atoms with van der Waals surface area (Å²) in [6.07, 6.45) is 0.